The Kier molecular flexibility index (Phi) is 9.02. The maximum Gasteiger partial charge on any atom is 0.237 e. The molecule has 5 nitrogen and oxygen atoms in total. The van der Waals surface area contributed by atoms with Crippen LogP contribution in [0.3, 0.4) is 0 Å². The summed E-state index contributed by atoms with van der Waals surface area (Å²) >= 11 is 0. The standard InChI is InChI=1S/C15H27N3O2.2ClH/c19-15(14-2-1-6-16-14)17-13-3-7-18(8-4-13)10-12-5-9-20-11-12;;/h12-14,16H,1-11H2,(H,17,19);2*1H. The molecule has 0 spiro atoms. The Morgan fingerprint density at radius 1 is 1.18 bits per heavy atom. The molecule has 3 rings (SSSR count). The van der Waals surface area contributed by atoms with Gasteiger partial charge in [0.1, 0.15) is 0 Å². The van der Waals surface area contributed by atoms with E-state index in [-0.39, 0.29) is 36.8 Å². The zero-order valence-corrected chi connectivity index (χ0v) is 14.7. The van der Waals surface area contributed by atoms with Gasteiger partial charge in [0.15, 0.2) is 0 Å². The fourth-order valence-corrected chi connectivity index (χ4v) is 3.56. The van der Waals surface area contributed by atoms with E-state index in [0.717, 1.165) is 64.4 Å². The molecule has 3 fully saturated rings. The van der Waals surface area contributed by atoms with Gasteiger partial charge in [-0.05, 0) is 44.6 Å². The minimum absolute atomic E-state index is 0. The molecule has 0 aromatic rings. The lowest BCUT2D eigenvalue weighted by Crippen LogP contribution is -2.50. The van der Waals surface area contributed by atoms with Crippen molar-refractivity contribution in [2.24, 2.45) is 5.92 Å². The number of carbonyl (C=O) groups is 1. The predicted octanol–water partition coefficient (Wildman–Crippen LogP) is 1.20. The van der Waals surface area contributed by atoms with Crippen LogP contribution in [-0.2, 0) is 9.53 Å². The van der Waals surface area contributed by atoms with Crippen LogP contribution in [0.15, 0.2) is 0 Å². The number of rotatable bonds is 4. The van der Waals surface area contributed by atoms with Crippen molar-refractivity contribution in [3.63, 3.8) is 0 Å². The van der Waals surface area contributed by atoms with E-state index < -0.39 is 0 Å². The Bertz CT molecular complexity index is 327. The number of carbonyl (C=O) groups excluding carboxylic acids is 1. The summed E-state index contributed by atoms with van der Waals surface area (Å²) in [5.41, 5.74) is 0. The highest BCUT2D eigenvalue weighted by Crippen LogP contribution is 2.18. The maximum atomic E-state index is 12.1. The third-order valence-corrected chi connectivity index (χ3v) is 4.85. The molecule has 130 valence electrons. The van der Waals surface area contributed by atoms with Crippen LogP contribution in [0.25, 0.3) is 0 Å². The highest BCUT2D eigenvalue weighted by atomic mass is 35.5. The molecule has 2 unspecified atom stereocenters. The molecule has 2 atom stereocenters. The van der Waals surface area contributed by atoms with Crippen LogP contribution in [0.5, 0.6) is 0 Å². The second-order valence-electron chi connectivity index (χ2n) is 6.46. The topological polar surface area (TPSA) is 53.6 Å². The molecular weight excluding hydrogens is 325 g/mol. The molecule has 0 aromatic heterocycles. The van der Waals surface area contributed by atoms with E-state index >= 15 is 0 Å². The summed E-state index contributed by atoms with van der Waals surface area (Å²) in [5, 5.41) is 6.49. The molecule has 3 heterocycles. The normalized spacial score (nSPS) is 29.6. The summed E-state index contributed by atoms with van der Waals surface area (Å²) in [6, 6.07) is 0.435. The van der Waals surface area contributed by atoms with Crippen molar-refractivity contribution in [2.45, 2.75) is 44.2 Å². The van der Waals surface area contributed by atoms with Gasteiger partial charge in [0.25, 0.3) is 0 Å². The average molecular weight is 354 g/mol. The Morgan fingerprint density at radius 3 is 2.55 bits per heavy atom. The lowest BCUT2D eigenvalue weighted by molar-refractivity contribution is -0.123. The van der Waals surface area contributed by atoms with E-state index in [9.17, 15) is 4.79 Å². The predicted molar refractivity (Wildman–Crippen MR) is 92.1 cm³/mol. The summed E-state index contributed by atoms with van der Waals surface area (Å²) in [7, 11) is 0. The number of nitrogens with zero attached hydrogens (tertiary/aromatic N) is 1. The Balaban J connectivity index is 0.00000121. The van der Waals surface area contributed by atoms with Gasteiger partial charge in [-0.25, -0.2) is 0 Å². The average Bonchev–Trinajstić information content (AvgIpc) is 3.13. The number of amides is 1. The van der Waals surface area contributed by atoms with Crippen molar-refractivity contribution in [1.29, 1.82) is 0 Å². The van der Waals surface area contributed by atoms with Crippen molar-refractivity contribution in [3.05, 3.63) is 0 Å². The van der Waals surface area contributed by atoms with Gasteiger partial charge in [0.05, 0.1) is 12.6 Å². The number of likely N-dealkylation sites (tertiary alicyclic amines) is 1. The van der Waals surface area contributed by atoms with Crippen molar-refractivity contribution in [2.75, 3.05) is 39.4 Å². The third-order valence-electron chi connectivity index (χ3n) is 4.85. The first-order valence-electron chi connectivity index (χ1n) is 8.15. The van der Waals surface area contributed by atoms with Gasteiger partial charge in [-0.3, -0.25) is 4.79 Å². The minimum Gasteiger partial charge on any atom is -0.381 e. The van der Waals surface area contributed by atoms with E-state index in [2.05, 4.69) is 15.5 Å². The summed E-state index contributed by atoms with van der Waals surface area (Å²) in [4.78, 5) is 14.6. The molecular formula is C15H29Cl2N3O2. The molecule has 7 heteroatoms. The number of hydrogen-bond acceptors (Lipinski definition) is 4. The zero-order valence-electron chi connectivity index (χ0n) is 13.1. The Labute approximate surface area is 145 Å². The van der Waals surface area contributed by atoms with Gasteiger partial charge in [-0.1, -0.05) is 0 Å². The monoisotopic (exact) mass is 353 g/mol. The van der Waals surface area contributed by atoms with E-state index in [1.165, 1.54) is 13.0 Å². The first-order valence-corrected chi connectivity index (χ1v) is 8.15. The molecule has 0 radical (unpaired) electrons. The largest absolute Gasteiger partial charge is 0.381 e. The van der Waals surface area contributed by atoms with Gasteiger partial charge in [-0.2, -0.15) is 0 Å². The number of halogens is 2. The highest BCUT2D eigenvalue weighted by molar-refractivity contribution is 5.85. The van der Waals surface area contributed by atoms with Crippen LogP contribution >= 0.6 is 24.8 Å². The number of ether oxygens (including phenoxy) is 1. The second kappa shape index (κ2) is 9.93. The lowest BCUT2D eigenvalue weighted by atomic mass is 10.0. The molecule has 0 aromatic carbocycles. The summed E-state index contributed by atoms with van der Waals surface area (Å²) in [6.07, 6.45) is 5.51. The second-order valence-corrected chi connectivity index (χ2v) is 6.46. The van der Waals surface area contributed by atoms with Crippen LogP contribution in [-0.4, -0.2) is 62.3 Å². The van der Waals surface area contributed by atoms with Gasteiger partial charge in [-0.15, -0.1) is 24.8 Å². The molecule has 2 N–H and O–H groups in total. The highest BCUT2D eigenvalue weighted by Gasteiger charge is 2.27. The Hall–Kier alpha value is -0.0700. The molecule has 0 saturated carbocycles. The summed E-state index contributed by atoms with van der Waals surface area (Å²) in [5.74, 6) is 0.939. The van der Waals surface area contributed by atoms with E-state index in [1.807, 2.05) is 0 Å². The number of nitrogens with one attached hydrogen (secondary N) is 2. The van der Waals surface area contributed by atoms with E-state index in [4.69, 9.17) is 4.74 Å². The molecule has 3 saturated heterocycles. The molecule has 0 aliphatic carbocycles. The van der Waals surface area contributed by atoms with Gasteiger partial charge >= 0.3 is 0 Å². The third kappa shape index (κ3) is 5.53. The fraction of sp³-hybridized carbons (Fsp3) is 0.933. The summed E-state index contributed by atoms with van der Waals surface area (Å²) in [6.45, 7) is 6.25. The smallest absolute Gasteiger partial charge is 0.237 e. The quantitative estimate of drug-likeness (QED) is 0.797. The Morgan fingerprint density at radius 2 is 1.95 bits per heavy atom. The fourth-order valence-electron chi connectivity index (χ4n) is 3.56. The summed E-state index contributed by atoms with van der Waals surface area (Å²) < 4.78 is 5.44. The van der Waals surface area contributed by atoms with Crippen LogP contribution in [0, 0.1) is 5.92 Å². The first-order chi connectivity index (χ1) is 9.81. The van der Waals surface area contributed by atoms with Crippen LogP contribution in [0.4, 0.5) is 0 Å². The van der Waals surface area contributed by atoms with Crippen LogP contribution in [0.1, 0.15) is 32.1 Å². The van der Waals surface area contributed by atoms with Crippen LogP contribution < -0.4 is 10.6 Å². The number of piperidine rings is 1. The van der Waals surface area contributed by atoms with Crippen molar-refractivity contribution in [1.82, 2.24) is 15.5 Å². The molecule has 1 amide bonds. The van der Waals surface area contributed by atoms with Gasteiger partial charge in [0.2, 0.25) is 5.91 Å². The molecule has 0 bridgehead atoms. The first kappa shape index (κ1) is 20.0. The minimum atomic E-state index is 0. The van der Waals surface area contributed by atoms with Crippen LogP contribution in [0.2, 0.25) is 0 Å². The van der Waals surface area contributed by atoms with E-state index in [1.54, 1.807) is 0 Å². The molecule has 3 aliphatic rings. The van der Waals surface area contributed by atoms with Crippen molar-refractivity contribution < 1.29 is 9.53 Å². The van der Waals surface area contributed by atoms with Crippen molar-refractivity contribution in [3.8, 4) is 0 Å². The van der Waals surface area contributed by atoms with Gasteiger partial charge < -0.3 is 20.3 Å². The lowest BCUT2D eigenvalue weighted by Gasteiger charge is -2.34. The van der Waals surface area contributed by atoms with Crippen molar-refractivity contribution >= 4 is 30.7 Å². The molecule has 3 aliphatic heterocycles. The molecule has 22 heavy (non-hydrogen) atoms. The van der Waals surface area contributed by atoms with Gasteiger partial charge in [0, 0.05) is 32.3 Å². The SMILES string of the molecule is Cl.Cl.O=C(NC1CCN(CC2CCOC2)CC1)C1CCCN1. The van der Waals surface area contributed by atoms with E-state index in [0.29, 0.717) is 6.04 Å². The maximum absolute atomic E-state index is 12.1. The number of hydrogen-bond donors (Lipinski definition) is 2. The zero-order chi connectivity index (χ0) is 13.8.